The molecule has 0 saturated heterocycles. The number of benzene rings is 3. The fourth-order valence-electron chi connectivity index (χ4n) is 3.90. The van der Waals surface area contributed by atoms with Crippen molar-refractivity contribution in [2.75, 3.05) is 12.9 Å². The van der Waals surface area contributed by atoms with E-state index < -0.39 is 11.6 Å². The van der Waals surface area contributed by atoms with E-state index in [2.05, 4.69) is 5.32 Å². The zero-order valence-electron chi connectivity index (χ0n) is 21.9. The molecule has 0 radical (unpaired) electrons. The number of nitrogens with zero attached hydrogens (tertiary/aromatic N) is 1. The number of ether oxygens (including phenoxy) is 1. The number of nitrogens with one attached hydrogen (secondary N) is 1. The summed E-state index contributed by atoms with van der Waals surface area (Å²) in [6, 6.07) is 24.4. The molecule has 0 spiro atoms. The molecular formula is C30H35ClN2O3S. The van der Waals surface area contributed by atoms with Crippen LogP contribution < -0.4 is 10.1 Å². The number of thioether (sulfide) groups is 1. The molecule has 3 aromatic carbocycles. The second-order valence-electron chi connectivity index (χ2n) is 9.94. The van der Waals surface area contributed by atoms with Gasteiger partial charge in [0.1, 0.15) is 11.8 Å². The quantitative estimate of drug-likeness (QED) is 0.319. The number of amides is 2. The van der Waals surface area contributed by atoms with Crippen molar-refractivity contribution >= 4 is 35.2 Å². The number of hydrogen-bond donors (Lipinski definition) is 1. The van der Waals surface area contributed by atoms with Gasteiger partial charge in [-0.05, 0) is 61.7 Å². The summed E-state index contributed by atoms with van der Waals surface area (Å²) >= 11 is 7.77. The molecule has 37 heavy (non-hydrogen) atoms. The smallest absolute Gasteiger partial charge is 0.243 e. The first-order valence-corrected chi connectivity index (χ1v) is 13.8. The van der Waals surface area contributed by atoms with Gasteiger partial charge < -0.3 is 15.0 Å². The minimum Gasteiger partial charge on any atom is -0.497 e. The van der Waals surface area contributed by atoms with E-state index >= 15 is 0 Å². The van der Waals surface area contributed by atoms with Crippen molar-refractivity contribution in [1.82, 2.24) is 10.2 Å². The lowest BCUT2D eigenvalue weighted by Crippen LogP contribution is -2.54. The van der Waals surface area contributed by atoms with Gasteiger partial charge in [0.25, 0.3) is 0 Å². The van der Waals surface area contributed by atoms with Crippen LogP contribution in [0.2, 0.25) is 5.02 Å². The summed E-state index contributed by atoms with van der Waals surface area (Å²) in [4.78, 5) is 29.0. The van der Waals surface area contributed by atoms with Crippen LogP contribution in [0.15, 0.2) is 78.9 Å². The van der Waals surface area contributed by atoms with Crippen LogP contribution in [-0.4, -0.2) is 41.2 Å². The molecule has 0 bridgehead atoms. The Morgan fingerprint density at radius 1 is 0.946 bits per heavy atom. The average molecular weight is 539 g/mol. The van der Waals surface area contributed by atoms with Gasteiger partial charge in [0.2, 0.25) is 11.8 Å². The van der Waals surface area contributed by atoms with Crippen molar-refractivity contribution in [3.8, 4) is 5.75 Å². The van der Waals surface area contributed by atoms with Gasteiger partial charge in [0, 0.05) is 29.3 Å². The average Bonchev–Trinajstić information content (AvgIpc) is 2.86. The Labute approximate surface area is 229 Å². The molecule has 0 aliphatic rings. The van der Waals surface area contributed by atoms with Gasteiger partial charge in [0.05, 0.1) is 12.9 Å². The van der Waals surface area contributed by atoms with E-state index in [1.807, 2.05) is 93.6 Å². The Bertz CT molecular complexity index is 1160. The predicted molar refractivity (Wildman–Crippen MR) is 153 cm³/mol. The number of rotatable bonds is 11. The maximum Gasteiger partial charge on any atom is 0.243 e. The van der Waals surface area contributed by atoms with E-state index in [0.29, 0.717) is 17.2 Å². The largest absolute Gasteiger partial charge is 0.497 e. The van der Waals surface area contributed by atoms with E-state index in [1.165, 1.54) is 11.8 Å². The zero-order chi connectivity index (χ0) is 26.8. The second-order valence-corrected chi connectivity index (χ2v) is 11.4. The highest BCUT2D eigenvalue weighted by molar-refractivity contribution is 7.99. The number of carbonyl (C=O) groups excluding carboxylic acids is 2. The maximum absolute atomic E-state index is 13.7. The number of halogens is 1. The molecule has 7 heteroatoms. The lowest BCUT2D eigenvalue weighted by atomic mass is 10.0. The molecule has 0 aliphatic carbocycles. The number of methoxy groups -OCH3 is 1. The lowest BCUT2D eigenvalue weighted by molar-refractivity contribution is -0.140. The fourth-order valence-corrected chi connectivity index (χ4v) is 4.98. The van der Waals surface area contributed by atoms with E-state index in [0.717, 1.165) is 22.4 Å². The molecule has 0 saturated carbocycles. The molecule has 1 atom stereocenters. The van der Waals surface area contributed by atoms with Crippen molar-refractivity contribution in [3.05, 3.63) is 101 Å². The molecule has 1 N–H and O–H groups in total. The van der Waals surface area contributed by atoms with Gasteiger partial charge in [-0.15, -0.1) is 11.8 Å². The molecule has 0 fully saturated rings. The Hall–Kier alpha value is -2.96. The van der Waals surface area contributed by atoms with Crippen molar-refractivity contribution in [3.63, 3.8) is 0 Å². The summed E-state index contributed by atoms with van der Waals surface area (Å²) in [6.45, 7) is 6.12. The first kappa shape index (κ1) is 28.6. The molecular weight excluding hydrogens is 504 g/mol. The molecule has 0 aromatic heterocycles. The summed E-state index contributed by atoms with van der Waals surface area (Å²) in [6.07, 6.45) is 0.415. The lowest BCUT2D eigenvalue weighted by Gasteiger charge is -2.34. The first-order chi connectivity index (χ1) is 17.6. The second kappa shape index (κ2) is 13.5. The first-order valence-electron chi connectivity index (χ1n) is 12.2. The summed E-state index contributed by atoms with van der Waals surface area (Å²) in [5.74, 6) is 1.46. The highest BCUT2D eigenvalue weighted by Gasteiger charge is 2.32. The Balaban J connectivity index is 1.85. The number of hydrogen-bond acceptors (Lipinski definition) is 4. The van der Waals surface area contributed by atoms with Crippen LogP contribution in [0.1, 0.15) is 37.5 Å². The van der Waals surface area contributed by atoms with Gasteiger partial charge in [-0.2, -0.15) is 0 Å². The Kier molecular flexibility index (Phi) is 10.5. The van der Waals surface area contributed by atoms with Crippen molar-refractivity contribution in [2.45, 2.75) is 51.1 Å². The van der Waals surface area contributed by atoms with Gasteiger partial charge in [-0.25, -0.2) is 0 Å². The van der Waals surface area contributed by atoms with Crippen LogP contribution in [0.3, 0.4) is 0 Å². The molecule has 3 aromatic rings. The standard InChI is InChI=1S/C30H35ClN2O3S/c1-30(2,3)32-29(35)27(18-22-9-6-5-7-10-22)33(19-24-11-8-12-25(31)17-24)28(34)21-37-20-23-13-15-26(36-4)16-14-23/h5-17,27H,18-21H2,1-4H3,(H,32,35)/t27-/m1/s1. The highest BCUT2D eigenvalue weighted by Crippen LogP contribution is 2.21. The van der Waals surface area contributed by atoms with Crippen molar-refractivity contribution in [1.29, 1.82) is 0 Å². The molecule has 0 aliphatic heterocycles. The number of carbonyl (C=O) groups is 2. The summed E-state index contributed by atoms with van der Waals surface area (Å²) < 4.78 is 5.23. The fraction of sp³-hybridized carbons (Fsp3) is 0.333. The molecule has 2 amide bonds. The van der Waals surface area contributed by atoms with Crippen LogP contribution in [0.4, 0.5) is 0 Å². The van der Waals surface area contributed by atoms with Crippen LogP contribution in [-0.2, 0) is 28.3 Å². The SMILES string of the molecule is COc1ccc(CSCC(=O)N(Cc2cccc(Cl)c2)[C@H](Cc2ccccc2)C(=O)NC(C)(C)C)cc1. The van der Waals surface area contributed by atoms with E-state index in [-0.39, 0.29) is 24.1 Å². The summed E-state index contributed by atoms with van der Waals surface area (Å²) in [5, 5.41) is 3.68. The minimum absolute atomic E-state index is 0.0940. The topological polar surface area (TPSA) is 58.6 Å². The van der Waals surface area contributed by atoms with Crippen LogP contribution in [0.5, 0.6) is 5.75 Å². The Morgan fingerprint density at radius 3 is 2.24 bits per heavy atom. The van der Waals surface area contributed by atoms with Crippen LogP contribution in [0.25, 0.3) is 0 Å². The van der Waals surface area contributed by atoms with Crippen molar-refractivity contribution in [2.24, 2.45) is 0 Å². The predicted octanol–water partition coefficient (Wildman–Crippen LogP) is 6.14. The molecule has 5 nitrogen and oxygen atoms in total. The highest BCUT2D eigenvalue weighted by atomic mass is 35.5. The van der Waals surface area contributed by atoms with Crippen LogP contribution in [0, 0.1) is 0 Å². The van der Waals surface area contributed by atoms with Gasteiger partial charge in [-0.1, -0.05) is 66.2 Å². The summed E-state index contributed by atoms with van der Waals surface area (Å²) in [5.41, 5.74) is 2.54. The minimum atomic E-state index is -0.672. The molecule has 196 valence electrons. The van der Waals surface area contributed by atoms with Gasteiger partial charge in [0.15, 0.2) is 0 Å². The molecule has 0 unspecified atom stereocenters. The Morgan fingerprint density at radius 2 is 1.62 bits per heavy atom. The van der Waals surface area contributed by atoms with Crippen LogP contribution >= 0.6 is 23.4 Å². The maximum atomic E-state index is 13.7. The third-order valence-electron chi connectivity index (χ3n) is 5.66. The third-order valence-corrected chi connectivity index (χ3v) is 6.89. The zero-order valence-corrected chi connectivity index (χ0v) is 23.4. The third kappa shape index (κ3) is 9.45. The van der Waals surface area contributed by atoms with E-state index in [1.54, 1.807) is 18.1 Å². The van der Waals surface area contributed by atoms with Gasteiger partial charge >= 0.3 is 0 Å². The normalized spacial score (nSPS) is 12.0. The van der Waals surface area contributed by atoms with E-state index in [9.17, 15) is 9.59 Å². The molecule has 0 heterocycles. The summed E-state index contributed by atoms with van der Waals surface area (Å²) in [7, 11) is 1.64. The van der Waals surface area contributed by atoms with E-state index in [4.69, 9.17) is 16.3 Å². The van der Waals surface area contributed by atoms with Crippen molar-refractivity contribution < 1.29 is 14.3 Å². The van der Waals surface area contributed by atoms with Gasteiger partial charge in [-0.3, -0.25) is 9.59 Å². The monoisotopic (exact) mass is 538 g/mol. The molecule has 3 rings (SSSR count).